The first-order valence-electron chi connectivity index (χ1n) is 4.07. The van der Waals surface area contributed by atoms with E-state index >= 15 is 0 Å². The summed E-state index contributed by atoms with van der Waals surface area (Å²) in [5.74, 6) is 0. The molecule has 0 bridgehead atoms. The average molecular weight is 156 g/mol. The quantitative estimate of drug-likeness (QED) is 0.555. The smallest absolute Gasteiger partial charge is 0.227 e. The predicted molar refractivity (Wildman–Crippen MR) is 46.7 cm³/mol. The fourth-order valence-electron chi connectivity index (χ4n) is 1.59. The molecular weight excluding hydrogens is 140 g/mol. The van der Waals surface area contributed by atoms with Crippen LogP contribution in [0.5, 0.6) is 0 Å². The van der Waals surface area contributed by atoms with Gasteiger partial charge < -0.3 is 4.43 Å². The van der Waals surface area contributed by atoms with E-state index in [4.69, 9.17) is 4.43 Å². The standard InChI is InChI=1S/C8H16OSi/c1-9-10(2)8-6-4-3-5-7-8/h8H,2-7H2,1H3. The Morgan fingerprint density at radius 2 is 1.90 bits per heavy atom. The van der Waals surface area contributed by atoms with Crippen LogP contribution in [-0.2, 0) is 4.43 Å². The van der Waals surface area contributed by atoms with Crippen LogP contribution in [0, 0.1) is 0 Å². The minimum atomic E-state index is -0.680. The third-order valence-electron chi connectivity index (χ3n) is 2.32. The Labute approximate surface area is 64.7 Å². The molecule has 1 saturated carbocycles. The lowest BCUT2D eigenvalue weighted by Gasteiger charge is -2.21. The number of hydrogen-bond donors (Lipinski definition) is 0. The van der Waals surface area contributed by atoms with Crippen LogP contribution in [0.2, 0.25) is 5.54 Å². The summed E-state index contributed by atoms with van der Waals surface area (Å²) in [6.45, 7) is 0. The van der Waals surface area contributed by atoms with Crippen LogP contribution in [0.25, 0.3) is 0 Å². The largest absolute Gasteiger partial charge is 0.553 e. The maximum Gasteiger partial charge on any atom is 0.227 e. The van der Waals surface area contributed by atoms with Crippen LogP contribution >= 0.6 is 0 Å². The van der Waals surface area contributed by atoms with Gasteiger partial charge in [0.2, 0.25) is 8.65 Å². The summed E-state index contributed by atoms with van der Waals surface area (Å²) in [6.07, 6.45) is 11.0. The summed E-state index contributed by atoms with van der Waals surface area (Å²) in [5.41, 5.74) is 0.837. The molecule has 0 aliphatic heterocycles. The molecule has 10 heavy (non-hydrogen) atoms. The topological polar surface area (TPSA) is 9.23 Å². The summed E-state index contributed by atoms with van der Waals surface area (Å²) in [5, 5.41) is 0. The molecule has 0 N–H and O–H groups in total. The Morgan fingerprint density at radius 3 is 2.40 bits per heavy atom. The third kappa shape index (κ3) is 1.94. The number of hydrogen-bond acceptors (Lipinski definition) is 1. The molecule has 0 heterocycles. The van der Waals surface area contributed by atoms with Crippen molar-refractivity contribution in [3.63, 3.8) is 0 Å². The fraction of sp³-hybridized carbons (Fsp3) is 0.875. The molecule has 0 unspecified atom stereocenters. The molecule has 1 aliphatic rings. The monoisotopic (exact) mass is 156 g/mol. The zero-order valence-electron chi connectivity index (χ0n) is 6.73. The van der Waals surface area contributed by atoms with Crippen LogP contribution < -0.4 is 0 Å². The van der Waals surface area contributed by atoms with Crippen molar-refractivity contribution < 1.29 is 4.43 Å². The van der Waals surface area contributed by atoms with Gasteiger partial charge in [0.1, 0.15) is 0 Å². The molecule has 0 aromatic carbocycles. The van der Waals surface area contributed by atoms with E-state index in [1.807, 2.05) is 0 Å². The second-order valence-electron chi connectivity index (χ2n) is 3.01. The van der Waals surface area contributed by atoms with E-state index in [-0.39, 0.29) is 0 Å². The molecule has 0 radical (unpaired) electrons. The lowest BCUT2D eigenvalue weighted by atomic mass is 10.0. The van der Waals surface area contributed by atoms with Gasteiger partial charge in [0.05, 0.1) is 7.11 Å². The highest BCUT2D eigenvalue weighted by molar-refractivity contribution is 6.57. The Hall–Kier alpha value is -0.113. The molecule has 0 saturated heterocycles. The van der Waals surface area contributed by atoms with Gasteiger partial charge in [-0.3, -0.25) is 0 Å². The molecule has 0 spiro atoms. The highest BCUT2D eigenvalue weighted by atomic mass is 28.3. The van der Waals surface area contributed by atoms with Crippen molar-refractivity contribution in [2.75, 3.05) is 7.11 Å². The first-order valence-corrected chi connectivity index (χ1v) is 5.76. The normalized spacial score (nSPS) is 20.5. The summed E-state index contributed by atoms with van der Waals surface area (Å²) in [4.78, 5) is 0. The summed E-state index contributed by atoms with van der Waals surface area (Å²) in [6, 6.07) is 0. The summed E-state index contributed by atoms with van der Waals surface area (Å²) < 4.78 is 5.28. The summed E-state index contributed by atoms with van der Waals surface area (Å²) >= 11 is 0. The van der Waals surface area contributed by atoms with Crippen LogP contribution in [0.1, 0.15) is 32.1 Å². The van der Waals surface area contributed by atoms with Gasteiger partial charge in [0.15, 0.2) is 0 Å². The first-order chi connectivity index (χ1) is 4.84. The van der Waals surface area contributed by atoms with Crippen molar-refractivity contribution >= 4 is 14.8 Å². The molecule has 1 aliphatic carbocycles. The van der Waals surface area contributed by atoms with Crippen molar-refractivity contribution in [3.05, 3.63) is 0 Å². The predicted octanol–water partition coefficient (Wildman–Crippen LogP) is 1.97. The van der Waals surface area contributed by atoms with Gasteiger partial charge in [-0.2, -0.15) is 0 Å². The molecule has 2 heteroatoms. The molecule has 58 valence electrons. The van der Waals surface area contributed by atoms with E-state index in [0.29, 0.717) is 0 Å². The van der Waals surface area contributed by atoms with Gasteiger partial charge in [0.25, 0.3) is 0 Å². The molecule has 0 aromatic rings. The molecule has 1 nitrogen and oxygen atoms in total. The third-order valence-corrected chi connectivity index (χ3v) is 4.34. The van der Waals surface area contributed by atoms with E-state index in [9.17, 15) is 0 Å². The maximum absolute atomic E-state index is 5.28. The van der Waals surface area contributed by atoms with Gasteiger partial charge in [-0.25, -0.2) is 0 Å². The highest BCUT2D eigenvalue weighted by Crippen LogP contribution is 2.28. The molecule has 0 aromatic heterocycles. The van der Waals surface area contributed by atoms with E-state index < -0.39 is 8.65 Å². The van der Waals surface area contributed by atoms with E-state index in [1.54, 1.807) is 7.11 Å². The van der Waals surface area contributed by atoms with Crippen LogP contribution in [0.15, 0.2) is 0 Å². The second-order valence-corrected chi connectivity index (χ2v) is 5.16. The van der Waals surface area contributed by atoms with Crippen molar-refractivity contribution in [3.8, 4) is 0 Å². The SMILES string of the molecule is C=[Si](OC)C1CCCCC1. The Balaban J connectivity index is 2.31. The first kappa shape index (κ1) is 7.99. The van der Waals surface area contributed by atoms with Crippen molar-refractivity contribution in [1.29, 1.82) is 0 Å². The van der Waals surface area contributed by atoms with Crippen molar-refractivity contribution in [2.24, 2.45) is 0 Å². The van der Waals surface area contributed by atoms with Gasteiger partial charge in [-0.15, -0.1) is 0 Å². The molecule has 1 fully saturated rings. The van der Waals surface area contributed by atoms with Crippen molar-refractivity contribution in [2.45, 2.75) is 37.6 Å². The molecular formula is C8H16OSi. The molecule has 0 atom stereocenters. The average Bonchev–Trinajstić information content (AvgIpc) is 2.05. The van der Waals surface area contributed by atoms with Gasteiger partial charge >= 0.3 is 0 Å². The van der Waals surface area contributed by atoms with Crippen LogP contribution in [-0.4, -0.2) is 21.9 Å². The van der Waals surface area contributed by atoms with Gasteiger partial charge in [-0.05, 0) is 12.8 Å². The Morgan fingerprint density at radius 1 is 1.30 bits per heavy atom. The van der Waals surface area contributed by atoms with E-state index in [0.717, 1.165) is 5.54 Å². The fourth-order valence-corrected chi connectivity index (χ4v) is 2.98. The Kier molecular flexibility index (Phi) is 3.13. The van der Waals surface area contributed by atoms with Crippen LogP contribution in [0.4, 0.5) is 0 Å². The van der Waals surface area contributed by atoms with Gasteiger partial charge in [-0.1, -0.05) is 25.4 Å². The molecule has 0 amide bonds. The maximum atomic E-state index is 5.28. The van der Waals surface area contributed by atoms with E-state index in [2.05, 4.69) is 6.17 Å². The zero-order valence-corrected chi connectivity index (χ0v) is 7.73. The van der Waals surface area contributed by atoms with Crippen molar-refractivity contribution in [1.82, 2.24) is 0 Å². The minimum Gasteiger partial charge on any atom is -0.553 e. The second kappa shape index (κ2) is 3.91. The minimum absolute atomic E-state index is 0.680. The van der Waals surface area contributed by atoms with Gasteiger partial charge in [0, 0.05) is 5.54 Å². The lowest BCUT2D eigenvalue weighted by molar-refractivity contribution is 0.397. The zero-order chi connectivity index (χ0) is 7.40. The number of rotatable bonds is 2. The van der Waals surface area contributed by atoms with E-state index in [1.165, 1.54) is 32.1 Å². The lowest BCUT2D eigenvalue weighted by Crippen LogP contribution is -2.16. The van der Waals surface area contributed by atoms with Crippen LogP contribution in [0.3, 0.4) is 0 Å². The molecule has 1 rings (SSSR count). The highest BCUT2D eigenvalue weighted by Gasteiger charge is 2.17. The Bertz CT molecular complexity index is 116. The summed E-state index contributed by atoms with van der Waals surface area (Å²) in [7, 11) is 1.12.